The van der Waals surface area contributed by atoms with Gasteiger partial charge in [-0.05, 0) is 30.3 Å². The fourth-order valence-corrected chi connectivity index (χ4v) is 2.92. The Balaban J connectivity index is 2.05. The van der Waals surface area contributed by atoms with Gasteiger partial charge >= 0.3 is 5.97 Å². The molecule has 7 nitrogen and oxygen atoms in total. The van der Waals surface area contributed by atoms with E-state index in [4.69, 9.17) is 39.5 Å². The summed E-state index contributed by atoms with van der Waals surface area (Å²) in [5, 5.41) is 2.54. The zero-order chi connectivity index (χ0) is 19.5. The molecule has 0 fully saturated rings. The van der Waals surface area contributed by atoms with Crippen LogP contribution in [0.4, 0.5) is 5.69 Å². The number of carbonyl (C=O) groups excluding carboxylic acids is 2. The van der Waals surface area contributed by atoms with Crippen LogP contribution < -0.4 is 5.32 Å². The fourth-order valence-electron chi connectivity index (χ4n) is 1.78. The average Bonchev–Trinajstić information content (AvgIpc) is 2.55. The van der Waals surface area contributed by atoms with Gasteiger partial charge in [-0.3, -0.25) is 4.79 Å². The van der Waals surface area contributed by atoms with Crippen molar-refractivity contribution in [1.82, 2.24) is 4.98 Å². The molecule has 0 aliphatic carbocycles. The molecule has 0 radical (unpaired) electrons. The summed E-state index contributed by atoms with van der Waals surface area (Å²) < 4.78 is 27.9. The fraction of sp³-hybridized carbons (Fsp3) is 0.133. The first-order chi connectivity index (χ1) is 12.1. The third kappa shape index (κ3) is 5.31. The predicted molar refractivity (Wildman–Crippen MR) is 97.7 cm³/mol. The number of hydrogen-bond donors (Lipinski definition) is 1. The molecule has 1 aromatic carbocycles. The van der Waals surface area contributed by atoms with E-state index >= 15 is 0 Å². The van der Waals surface area contributed by atoms with E-state index in [9.17, 15) is 18.0 Å². The first-order valence-electron chi connectivity index (χ1n) is 6.86. The molecule has 0 saturated heterocycles. The Morgan fingerprint density at radius 1 is 1.12 bits per heavy atom. The smallest absolute Gasteiger partial charge is 0.359 e. The Kier molecular flexibility index (Phi) is 6.46. The molecule has 0 aliphatic rings. The first-order valence-corrected chi connectivity index (χ1v) is 9.89. The number of sulfone groups is 1. The van der Waals surface area contributed by atoms with Crippen molar-refractivity contribution in [2.45, 2.75) is 4.90 Å². The minimum atomic E-state index is -3.48. The summed E-state index contributed by atoms with van der Waals surface area (Å²) in [7, 11) is -3.48. The van der Waals surface area contributed by atoms with E-state index in [0.717, 1.165) is 6.26 Å². The first kappa shape index (κ1) is 20.4. The van der Waals surface area contributed by atoms with E-state index in [1.54, 1.807) is 0 Å². The van der Waals surface area contributed by atoms with Crippen molar-refractivity contribution >= 4 is 62.2 Å². The van der Waals surface area contributed by atoms with E-state index in [1.165, 1.54) is 30.3 Å². The minimum absolute atomic E-state index is 0.0173. The summed E-state index contributed by atoms with van der Waals surface area (Å²) in [5.41, 5.74) is -0.168. The van der Waals surface area contributed by atoms with E-state index < -0.39 is 28.3 Å². The van der Waals surface area contributed by atoms with Crippen molar-refractivity contribution in [1.29, 1.82) is 0 Å². The van der Waals surface area contributed by atoms with Crippen molar-refractivity contribution in [3.63, 3.8) is 0 Å². The van der Waals surface area contributed by atoms with Gasteiger partial charge in [0.05, 0.1) is 20.6 Å². The van der Waals surface area contributed by atoms with Crippen molar-refractivity contribution in [2.24, 2.45) is 0 Å². The maximum absolute atomic E-state index is 11.9. The lowest BCUT2D eigenvalue weighted by molar-refractivity contribution is -0.119. The van der Waals surface area contributed by atoms with Gasteiger partial charge in [0.1, 0.15) is 5.15 Å². The largest absolute Gasteiger partial charge is 0.451 e. The van der Waals surface area contributed by atoms with Crippen molar-refractivity contribution < 1.29 is 22.7 Å². The van der Waals surface area contributed by atoms with Crippen LogP contribution in [0.25, 0.3) is 0 Å². The van der Waals surface area contributed by atoms with Crippen molar-refractivity contribution in [2.75, 3.05) is 18.2 Å². The number of ether oxygens (including phenoxy) is 1. The van der Waals surface area contributed by atoms with Crippen LogP contribution in [0.1, 0.15) is 10.5 Å². The third-order valence-electron chi connectivity index (χ3n) is 2.98. The second-order valence-corrected chi connectivity index (χ2v) is 8.22. The molecule has 11 heteroatoms. The molecule has 1 heterocycles. The summed E-state index contributed by atoms with van der Waals surface area (Å²) in [6.07, 6.45) is 1.02. The van der Waals surface area contributed by atoms with Gasteiger partial charge in [-0.2, -0.15) is 0 Å². The number of halogens is 3. The summed E-state index contributed by atoms with van der Waals surface area (Å²) in [6.45, 7) is -0.664. The van der Waals surface area contributed by atoms with Gasteiger partial charge in [-0.25, -0.2) is 18.2 Å². The lowest BCUT2D eigenvalue weighted by atomic mass is 10.3. The Hall–Kier alpha value is -1.87. The molecule has 1 N–H and O–H groups in total. The molecule has 0 bridgehead atoms. The number of pyridine rings is 1. The van der Waals surface area contributed by atoms with Crippen LogP contribution in [0.15, 0.2) is 35.2 Å². The van der Waals surface area contributed by atoms with Crippen molar-refractivity contribution in [3.05, 3.63) is 51.2 Å². The highest BCUT2D eigenvalue weighted by Gasteiger charge is 2.17. The molecule has 1 aromatic heterocycles. The molecule has 138 valence electrons. The molecule has 2 rings (SSSR count). The highest BCUT2D eigenvalue weighted by Crippen LogP contribution is 2.25. The number of amides is 1. The van der Waals surface area contributed by atoms with Crippen LogP contribution in [0.5, 0.6) is 0 Å². The number of nitrogens with zero attached hydrogens (tertiary/aromatic N) is 1. The third-order valence-corrected chi connectivity index (χ3v) is 4.94. The Morgan fingerprint density at radius 2 is 1.77 bits per heavy atom. The number of esters is 1. The average molecular weight is 438 g/mol. The number of aromatic nitrogens is 1. The maximum Gasteiger partial charge on any atom is 0.359 e. The van der Waals surface area contributed by atoms with Gasteiger partial charge in [-0.1, -0.05) is 34.8 Å². The van der Waals surface area contributed by atoms with Crippen LogP contribution in [0.3, 0.4) is 0 Å². The molecule has 0 atom stereocenters. The molecular weight excluding hydrogens is 427 g/mol. The zero-order valence-corrected chi connectivity index (χ0v) is 16.2. The standard InChI is InChI=1S/C15H11Cl3N2O5S/c1-26(23,24)8-2-3-9(16)11(6-8)19-13(21)7-25-15(22)14-10(17)4-5-12(18)20-14/h2-6H,7H2,1H3,(H,19,21). The second-order valence-electron chi connectivity index (χ2n) is 5.00. The molecule has 0 unspecified atom stereocenters. The van der Waals surface area contributed by atoms with Crippen LogP contribution in [-0.4, -0.2) is 38.1 Å². The summed E-state index contributed by atoms with van der Waals surface area (Å²) in [6, 6.07) is 6.59. The molecular formula is C15H11Cl3N2O5S. The monoisotopic (exact) mass is 436 g/mol. The minimum Gasteiger partial charge on any atom is -0.451 e. The SMILES string of the molecule is CS(=O)(=O)c1ccc(Cl)c(NC(=O)COC(=O)c2nc(Cl)ccc2Cl)c1. The number of benzene rings is 1. The van der Waals surface area contributed by atoms with E-state index in [1.807, 2.05) is 0 Å². The summed E-state index contributed by atoms with van der Waals surface area (Å²) in [5.74, 6) is -1.67. The number of rotatable bonds is 5. The van der Waals surface area contributed by atoms with Crippen molar-refractivity contribution in [3.8, 4) is 0 Å². The van der Waals surface area contributed by atoms with Gasteiger partial charge in [-0.15, -0.1) is 0 Å². The van der Waals surface area contributed by atoms with Gasteiger partial charge in [0.25, 0.3) is 5.91 Å². The Morgan fingerprint density at radius 3 is 2.42 bits per heavy atom. The summed E-state index contributed by atoms with van der Waals surface area (Å²) >= 11 is 17.4. The zero-order valence-electron chi connectivity index (χ0n) is 13.1. The summed E-state index contributed by atoms with van der Waals surface area (Å²) in [4.78, 5) is 27.6. The number of nitrogens with one attached hydrogen (secondary N) is 1. The molecule has 0 saturated carbocycles. The van der Waals surface area contributed by atoms with Crippen LogP contribution in [0.2, 0.25) is 15.2 Å². The highest BCUT2D eigenvalue weighted by atomic mass is 35.5. The lowest BCUT2D eigenvalue weighted by Gasteiger charge is -2.10. The van der Waals surface area contributed by atoms with Crippen LogP contribution in [0, 0.1) is 0 Å². The normalized spacial score (nSPS) is 11.1. The van der Waals surface area contributed by atoms with E-state index in [0.29, 0.717) is 0 Å². The molecule has 2 aromatic rings. The predicted octanol–water partition coefficient (Wildman–Crippen LogP) is 3.24. The van der Waals surface area contributed by atoms with E-state index in [-0.39, 0.29) is 31.5 Å². The quantitative estimate of drug-likeness (QED) is 0.569. The van der Waals surface area contributed by atoms with Crippen LogP contribution >= 0.6 is 34.8 Å². The molecule has 26 heavy (non-hydrogen) atoms. The van der Waals surface area contributed by atoms with Crippen LogP contribution in [-0.2, 0) is 19.4 Å². The molecule has 0 spiro atoms. The van der Waals surface area contributed by atoms with Gasteiger partial charge in [0, 0.05) is 6.26 Å². The van der Waals surface area contributed by atoms with Gasteiger partial charge < -0.3 is 10.1 Å². The number of anilines is 1. The number of hydrogen-bond acceptors (Lipinski definition) is 6. The molecule has 0 aliphatic heterocycles. The second kappa shape index (κ2) is 8.22. The highest BCUT2D eigenvalue weighted by molar-refractivity contribution is 7.90. The Labute approximate surface area is 164 Å². The molecule has 1 amide bonds. The maximum atomic E-state index is 11.9. The Bertz CT molecular complexity index is 979. The van der Waals surface area contributed by atoms with Gasteiger partial charge in [0.2, 0.25) is 0 Å². The number of carbonyl (C=O) groups is 2. The van der Waals surface area contributed by atoms with E-state index in [2.05, 4.69) is 10.3 Å². The topological polar surface area (TPSA) is 102 Å². The van der Waals surface area contributed by atoms with Gasteiger partial charge in [0.15, 0.2) is 22.1 Å². The lowest BCUT2D eigenvalue weighted by Crippen LogP contribution is -2.21.